The molecule has 0 spiro atoms. The summed E-state index contributed by atoms with van der Waals surface area (Å²) < 4.78 is 26.3. The van der Waals surface area contributed by atoms with E-state index >= 15 is 0 Å². The van der Waals surface area contributed by atoms with Crippen LogP contribution in [0.2, 0.25) is 0 Å². The molecule has 23 heavy (non-hydrogen) atoms. The molecule has 0 bridgehead atoms. The molecule has 120 valence electrons. The summed E-state index contributed by atoms with van der Waals surface area (Å²) in [5, 5.41) is 0. The van der Waals surface area contributed by atoms with E-state index in [2.05, 4.69) is 9.97 Å². The van der Waals surface area contributed by atoms with Gasteiger partial charge in [0.15, 0.2) is 0 Å². The molecule has 2 N–H and O–H groups in total. The topological polar surface area (TPSA) is 70.3 Å². The van der Waals surface area contributed by atoms with E-state index in [-0.39, 0.29) is 11.8 Å². The third kappa shape index (κ3) is 2.82. The molecule has 0 atom stereocenters. The number of rotatable bonds is 2. The van der Waals surface area contributed by atoms with Crippen LogP contribution in [0.1, 0.15) is 27.7 Å². The SMILES string of the molecule is CC1(C)OB(c2ccc(-c3cnc(N)nc3)c(F)c2)OC1(C)C. The van der Waals surface area contributed by atoms with Crippen LogP contribution in [0.3, 0.4) is 0 Å². The van der Waals surface area contributed by atoms with Crippen molar-refractivity contribution >= 4 is 18.5 Å². The van der Waals surface area contributed by atoms with E-state index in [4.69, 9.17) is 15.0 Å². The van der Waals surface area contributed by atoms with Crippen molar-refractivity contribution in [1.29, 1.82) is 0 Å². The number of hydrogen-bond donors (Lipinski definition) is 1. The Kier molecular flexibility index (Phi) is 3.65. The lowest BCUT2D eigenvalue weighted by Gasteiger charge is -2.32. The first-order chi connectivity index (χ1) is 10.7. The third-order valence-electron chi connectivity index (χ3n) is 4.50. The maximum absolute atomic E-state index is 14.5. The van der Waals surface area contributed by atoms with Gasteiger partial charge in [-0.1, -0.05) is 12.1 Å². The van der Waals surface area contributed by atoms with Gasteiger partial charge >= 0.3 is 7.12 Å². The number of aromatic nitrogens is 2. The Balaban J connectivity index is 1.90. The van der Waals surface area contributed by atoms with Crippen molar-refractivity contribution in [3.05, 3.63) is 36.4 Å². The molecule has 0 aliphatic carbocycles. The molecule has 1 aliphatic heterocycles. The molecule has 2 aromatic rings. The lowest BCUT2D eigenvalue weighted by atomic mass is 9.78. The van der Waals surface area contributed by atoms with Crippen molar-refractivity contribution in [3.63, 3.8) is 0 Å². The fourth-order valence-corrected chi connectivity index (χ4v) is 2.37. The van der Waals surface area contributed by atoms with E-state index in [0.29, 0.717) is 16.6 Å². The van der Waals surface area contributed by atoms with E-state index in [1.807, 2.05) is 27.7 Å². The molecular formula is C16H19BFN3O2. The van der Waals surface area contributed by atoms with Gasteiger partial charge in [0.2, 0.25) is 5.95 Å². The zero-order valence-corrected chi connectivity index (χ0v) is 13.6. The number of halogens is 1. The predicted molar refractivity (Wildman–Crippen MR) is 87.6 cm³/mol. The fourth-order valence-electron chi connectivity index (χ4n) is 2.37. The Bertz CT molecular complexity index is 719. The summed E-state index contributed by atoms with van der Waals surface area (Å²) in [4.78, 5) is 7.77. The van der Waals surface area contributed by atoms with E-state index in [9.17, 15) is 4.39 Å². The summed E-state index contributed by atoms with van der Waals surface area (Å²) in [6.45, 7) is 7.85. The van der Waals surface area contributed by atoms with Gasteiger partial charge in [-0.2, -0.15) is 0 Å². The first-order valence-electron chi connectivity index (χ1n) is 7.42. The van der Waals surface area contributed by atoms with E-state index in [1.165, 1.54) is 18.5 Å². The summed E-state index contributed by atoms with van der Waals surface area (Å²) in [6, 6.07) is 4.88. The second kappa shape index (κ2) is 5.28. The van der Waals surface area contributed by atoms with Gasteiger partial charge in [0.1, 0.15) is 5.82 Å². The van der Waals surface area contributed by atoms with Gasteiger partial charge in [-0.05, 0) is 39.2 Å². The minimum absolute atomic E-state index is 0.156. The fraction of sp³-hybridized carbons (Fsp3) is 0.375. The van der Waals surface area contributed by atoms with Crippen LogP contribution in [0, 0.1) is 5.82 Å². The lowest BCUT2D eigenvalue weighted by molar-refractivity contribution is 0.00578. The molecular weight excluding hydrogens is 296 g/mol. The highest BCUT2D eigenvalue weighted by Gasteiger charge is 2.51. The van der Waals surface area contributed by atoms with Crippen molar-refractivity contribution in [2.45, 2.75) is 38.9 Å². The zero-order chi connectivity index (χ0) is 16.8. The molecule has 1 aliphatic rings. The normalized spacial score (nSPS) is 19.1. The number of anilines is 1. The van der Waals surface area contributed by atoms with Gasteiger partial charge < -0.3 is 15.0 Å². The predicted octanol–water partition coefficient (Wildman–Crippen LogP) is 2.16. The third-order valence-corrected chi connectivity index (χ3v) is 4.50. The minimum atomic E-state index is -0.591. The van der Waals surface area contributed by atoms with Crippen molar-refractivity contribution in [2.24, 2.45) is 0 Å². The van der Waals surface area contributed by atoms with Crippen molar-refractivity contribution in [3.8, 4) is 11.1 Å². The number of nitrogen functional groups attached to an aromatic ring is 1. The van der Waals surface area contributed by atoms with Gasteiger partial charge in [0.05, 0.1) is 11.2 Å². The first kappa shape index (κ1) is 15.9. The van der Waals surface area contributed by atoms with Crippen LogP contribution < -0.4 is 11.2 Å². The molecule has 5 nitrogen and oxygen atoms in total. The number of nitrogens with two attached hydrogens (primary N) is 1. The maximum atomic E-state index is 14.5. The molecule has 1 aromatic carbocycles. The second-order valence-electron chi connectivity index (χ2n) is 6.66. The van der Waals surface area contributed by atoms with E-state index in [1.54, 1.807) is 12.1 Å². The summed E-state index contributed by atoms with van der Waals surface area (Å²) in [6.07, 6.45) is 2.99. The molecule has 3 rings (SSSR count). The van der Waals surface area contributed by atoms with Crippen molar-refractivity contribution in [2.75, 3.05) is 5.73 Å². The molecule has 1 fully saturated rings. The number of nitrogens with zero attached hydrogens (tertiary/aromatic N) is 2. The Hall–Kier alpha value is -1.99. The van der Waals surface area contributed by atoms with Crippen LogP contribution in [0.5, 0.6) is 0 Å². The average Bonchev–Trinajstić information content (AvgIpc) is 2.68. The molecule has 0 radical (unpaired) electrons. The smallest absolute Gasteiger partial charge is 0.399 e. The number of benzene rings is 1. The van der Waals surface area contributed by atoms with Crippen LogP contribution >= 0.6 is 0 Å². The molecule has 0 unspecified atom stereocenters. The molecule has 1 saturated heterocycles. The van der Waals surface area contributed by atoms with Crippen molar-refractivity contribution in [1.82, 2.24) is 9.97 Å². The minimum Gasteiger partial charge on any atom is -0.399 e. The second-order valence-corrected chi connectivity index (χ2v) is 6.66. The quantitative estimate of drug-likeness (QED) is 0.860. The lowest BCUT2D eigenvalue weighted by Crippen LogP contribution is -2.41. The Labute approximate surface area is 135 Å². The summed E-state index contributed by atoms with van der Waals surface area (Å²) in [7, 11) is -0.591. The molecule has 7 heteroatoms. The summed E-state index contributed by atoms with van der Waals surface area (Å²) in [5.74, 6) is -0.228. The molecule has 2 heterocycles. The van der Waals surface area contributed by atoms with Gasteiger partial charge in [0.25, 0.3) is 0 Å². The monoisotopic (exact) mass is 315 g/mol. The van der Waals surface area contributed by atoms with Gasteiger partial charge in [-0.25, -0.2) is 14.4 Å². The Morgan fingerprint density at radius 1 is 1.04 bits per heavy atom. The van der Waals surface area contributed by atoms with Crippen LogP contribution in [0.15, 0.2) is 30.6 Å². The van der Waals surface area contributed by atoms with Crippen LogP contribution in [0.25, 0.3) is 11.1 Å². The van der Waals surface area contributed by atoms with Gasteiger partial charge in [0, 0.05) is 23.5 Å². The first-order valence-corrected chi connectivity index (χ1v) is 7.42. The zero-order valence-electron chi connectivity index (χ0n) is 13.6. The van der Waals surface area contributed by atoms with E-state index in [0.717, 1.165) is 0 Å². The highest BCUT2D eigenvalue weighted by Crippen LogP contribution is 2.36. The van der Waals surface area contributed by atoms with Gasteiger partial charge in [-0.3, -0.25) is 0 Å². The van der Waals surface area contributed by atoms with Gasteiger partial charge in [-0.15, -0.1) is 0 Å². The average molecular weight is 315 g/mol. The standard InChI is InChI=1S/C16H19BFN3O2/c1-15(2)16(3,4)23-17(22-15)11-5-6-12(13(18)7-11)10-8-20-14(19)21-9-10/h5-9H,1-4H3,(H2,19,20,21). The Morgan fingerprint density at radius 2 is 1.61 bits per heavy atom. The van der Waals surface area contributed by atoms with Crippen LogP contribution in [0.4, 0.5) is 10.3 Å². The van der Waals surface area contributed by atoms with Crippen LogP contribution in [-0.4, -0.2) is 28.3 Å². The summed E-state index contributed by atoms with van der Waals surface area (Å²) >= 11 is 0. The van der Waals surface area contributed by atoms with Crippen LogP contribution in [-0.2, 0) is 9.31 Å². The van der Waals surface area contributed by atoms with Crippen molar-refractivity contribution < 1.29 is 13.7 Å². The largest absolute Gasteiger partial charge is 0.494 e. The highest BCUT2D eigenvalue weighted by atomic mass is 19.1. The molecule has 1 aromatic heterocycles. The maximum Gasteiger partial charge on any atom is 0.494 e. The number of hydrogen-bond acceptors (Lipinski definition) is 5. The molecule has 0 saturated carbocycles. The summed E-state index contributed by atoms with van der Waals surface area (Å²) in [5.41, 5.74) is 6.14. The molecule has 0 amide bonds. The Morgan fingerprint density at radius 3 is 2.13 bits per heavy atom. The van der Waals surface area contributed by atoms with E-state index < -0.39 is 18.3 Å². The highest BCUT2D eigenvalue weighted by molar-refractivity contribution is 6.62.